The van der Waals surface area contributed by atoms with Gasteiger partial charge in [0.25, 0.3) is 11.5 Å². The molecule has 0 unspecified atom stereocenters. The van der Waals surface area contributed by atoms with Gasteiger partial charge in [0.2, 0.25) is 0 Å². The predicted molar refractivity (Wildman–Crippen MR) is 99.5 cm³/mol. The van der Waals surface area contributed by atoms with Gasteiger partial charge in [-0.25, -0.2) is 9.78 Å². The molecule has 11 nitrogen and oxygen atoms in total. The molecule has 0 saturated heterocycles. The summed E-state index contributed by atoms with van der Waals surface area (Å²) in [5, 5.41) is 13.4. The molecule has 0 aliphatic carbocycles. The van der Waals surface area contributed by atoms with Crippen LogP contribution >= 0.6 is 0 Å². The maximum absolute atomic E-state index is 12.7. The van der Waals surface area contributed by atoms with Gasteiger partial charge in [-0.3, -0.25) is 28.8 Å². The van der Waals surface area contributed by atoms with Crippen LogP contribution in [0.4, 0.5) is 11.6 Å². The van der Waals surface area contributed by atoms with E-state index in [4.69, 9.17) is 4.42 Å². The molecular weight excluding hydrogens is 370 g/mol. The van der Waals surface area contributed by atoms with Crippen molar-refractivity contribution in [2.45, 2.75) is 19.8 Å². The van der Waals surface area contributed by atoms with Crippen LogP contribution in [0, 0.1) is 10.1 Å². The Morgan fingerprint density at radius 2 is 2.00 bits per heavy atom. The number of amides is 1. The number of nitro groups is 1. The van der Waals surface area contributed by atoms with Gasteiger partial charge in [0.1, 0.15) is 10.3 Å². The van der Waals surface area contributed by atoms with Gasteiger partial charge >= 0.3 is 11.6 Å². The van der Waals surface area contributed by atoms with Crippen LogP contribution < -0.4 is 16.6 Å². The summed E-state index contributed by atoms with van der Waals surface area (Å²) in [5.41, 5.74) is -0.239. The van der Waals surface area contributed by atoms with Gasteiger partial charge in [0.15, 0.2) is 11.4 Å². The Labute approximate surface area is 157 Å². The number of hydrogen-bond acceptors (Lipinski definition) is 7. The smallest absolute Gasteiger partial charge is 0.395 e. The van der Waals surface area contributed by atoms with Gasteiger partial charge in [0, 0.05) is 20.3 Å². The molecule has 1 N–H and O–H groups in total. The lowest BCUT2D eigenvalue weighted by Gasteiger charge is -2.14. The number of fused-ring (bicyclic) bond motifs is 1. The summed E-state index contributed by atoms with van der Waals surface area (Å²) in [5.74, 6) is -1.61. The summed E-state index contributed by atoms with van der Waals surface area (Å²) in [6, 6.07) is 2.24. The number of nitrogens with one attached hydrogen (secondary N) is 1. The van der Waals surface area contributed by atoms with E-state index >= 15 is 0 Å². The molecular formula is C17H17N5O6. The van der Waals surface area contributed by atoms with Crippen molar-refractivity contribution in [2.24, 2.45) is 14.1 Å². The molecule has 0 fully saturated rings. The van der Waals surface area contributed by atoms with Crippen LogP contribution in [0.15, 0.2) is 32.3 Å². The van der Waals surface area contributed by atoms with Gasteiger partial charge in [-0.1, -0.05) is 13.3 Å². The Morgan fingerprint density at radius 1 is 1.29 bits per heavy atom. The maximum Gasteiger partial charge on any atom is 0.433 e. The number of nitrogens with zero attached hydrogens (tertiary/aromatic N) is 4. The molecule has 0 spiro atoms. The van der Waals surface area contributed by atoms with Gasteiger partial charge in [-0.2, -0.15) is 0 Å². The highest BCUT2D eigenvalue weighted by Gasteiger charge is 2.22. The standard InChI is InChI=1S/C17H17N5O6/c1-4-5-9-8-18-14-12(16(24)21(3)17(25)20(14)2)13(9)19-15(23)10-6-7-11(28-10)22(26)27/h6-8H,4-5H2,1-3H3,(H,18,19,23). The second-order valence-corrected chi connectivity index (χ2v) is 6.16. The summed E-state index contributed by atoms with van der Waals surface area (Å²) in [4.78, 5) is 51.7. The summed E-state index contributed by atoms with van der Waals surface area (Å²) >= 11 is 0. The first-order valence-electron chi connectivity index (χ1n) is 8.39. The first kappa shape index (κ1) is 19.0. The van der Waals surface area contributed by atoms with E-state index in [0.717, 1.165) is 10.6 Å². The van der Waals surface area contributed by atoms with E-state index in [1.807, 2.05) is 6.92 Å². The second kappa shape index (κ2) is 7.10. The van der Waals surface area contributed by atoms with Gasteiger partial charge < -0.3 is 9.73 Å². The number of carbonyl (C=O) groups is 1. The van der Waals surface area contributed by atoms with Crippen LogP contribution in [-0.4, -0.2) is 24.9 Å². The summed E-state index contributed by atoms with van der Waals surface area (Å²) in [7, 11) is 2.80. The summed E-state index contributed by atoms with van der Waals surface area (Å²) in [6.45, 7) is 1.92. The largest absolute Gasteiger partial charge is 0.433 e. The molecule has 0 aromatic carbocycles. The normalized spacial score (nSPS) is 11.0. The Hall–Kier alpha value is -3.76. The van der Waals surface area contributed by atoms with Crippen LogP contribution in [-0.2, 0) is 20.5 Å². The zero-order valence-electron chi connectivity index (χ0n) is 15.4. The number of aromatic nitrogens is 3. The highest BCUT2D eigenvalue weighted by Crippen LogP contribution is 2.25. The molecule has 0 atom stereocenters. The second-order valence-electron chi connectivity index (χ2n) is 6.16. The van der Waals surface area contributed by atoms with Crippen LogP contribution in [0.5, 0.6) is 0 Å². The van der Waals surface area contributed by atoms with Gasteiger partial charge in [0.05, 0.1) is 11.8 Å². The minimum atomic E-state index is -0.757. The first-order valence-corrected chi connectivity index (χ1v) is 8.39. The average Bonchev–Trinajstić information content (AvgIpc) is 3.16. The van der Waals surface area contributed by atoms with E-state index in [0.29, 0.717) is 18.4 Å². The van der Waals surface area contributed by atoms with Crippen LogP contribution in [0.2, 0.25) is 0 Å². The molecule has 3 heterocycles. The van der Waals surface area contributed by atoms with Gasteiger partial charge in [-0.15, -0.1) is 0 Å². The van der Waals surface area contributed by atoms with Crippen molar-refractivity contribution in [2.75, 3.05) is 5.32 Å². The predicted octanol–water partition coefficient (Wildman–Crippen LogP) is 1.34. The molecule has 0 saturated carbocycles. The third-order valence-corrected chi connectivity index (χ3v) is 4.30. The van der Waals surface area contributed by atoms with Crippen LogP contribution in [0.3, 0.4) is 0 Å². The van der Waals surface area contributed by atoms with E-state index in [2.05, 4.69) is 10.3 Å². The van der Waals surface area contributed by atoms with Crippen LogP contribution in [0.1, 0.15) is 29.5 Å². The molecule has 0 bridgehead atoms. The summed E-state index contributed by atoms with van der Waals surface area (Å²) in [6.07, 6.45) is 2.72. The average molecular weight is 387 g/mol. The summed E-state index contributed by atoms with van der Waals surface area (Å²) < 4.78 is 7.05. The molecule has 3 aromatic rings. The number of rotatable bonds is 5. The van der Waals surface area contributed by atoms with Crippen molar-refractivity contribution in [3.8, 4) is 0 Å². The zero-order chi connectivity index (χ0) is 20.6. The fourth-order valence-electron chi connectivity index (χ4n) is 2.89. The third kappa shape index (κ3) is 3.06. The number of carbonyl (C=O) groups excluding carboxylic acids is 1. The molecule has 0 radical (unpaired) electrons. The Balaban J connectivity index is 2.20. The van der Waals surface area contributed by atoms with Crippen molar-refractivity contribution in [1.82, 2.24) is 14.1 Å². The highest BCUT2D eigenvalue weighted by molar-refractivity contribution is 6.07. The molecule has 0 aliphatic rings. The fourth-order valence-corrected chi connectivity index (χ4v) is 2.89. The molecule has 28 heavy (non-hydrogen) atoms. The lowest BCUT2D eigenvalue weighted by molar-refractivity contribution is -0.402. The van der Waals surface area contributed by atoms with Gasteiger partial charge in [-0.05, 0) is 18.1 Å². The van der Waals surface area contributed by atoms with Crippen molar-refractivity contribution >= 4 is 28.5 Å². The maximum atomic E-state index is 12.7. The third-order valence-electron chi connectivity index (χ3n) is 4.30. The molecule has 146 valence electrons. The van der Waals surface area contributed by atoms with E-state index in [-0.39, 0.29) is 22.5 Å². The number of furan rings is 1. The van der Waals surface area contributed by atoms with Crippen molar-refractivity contribution in [1.29, 1.82) is 0 Å². The highest BCUT2D eigenvalue weighted by atomic mass is 16.6. The van der Waals surface area contributed by atoms with E-state index in [1.54, 1.807) is 0 Å². The van der Waals surface area contributed by atoms with Crippen molar-refractivity contribution in [3.63, 3.8) is 0 Å². The lowest BCUT2D eigenvalue weighted by atomic mass is 10.1. The number of pyridine rings is 1. The number of hydrogen-bond donors (Lipinski definition) is 1. The molecule has 0 aliphatic heterocycles. The Morgan fingerprint density at radius 3 is 2.61 bits per heavy atom. The Kier molecular flexibility index (Phi) is 4.82. The minimum absolute atomic E-state index is 0.0740. The topological polar surface area (TPSA) is 142 Å². The number of aryl methyl sites for hydroxylation is 2. The van der Waals surface area contributed by atoms with Crippen molar-refractivity contribution in [3.05, 3.63) is 60.6 Å². The Bertz CT molecular complexity index is 1220. The first-order chi connectivity index (χ1) is 13.3. The SMILES string of the molecule is CCCc1cnc2c(c1NC(=O)c1ccc([N+](=O)[O-])o1)c(=O)n(C)c(=O)n2C. The molecule has 1 amide bonds. The van der Waals surface area contributed by atoms with E-state index in [9.17, 15) is 24.5 Å². The minimum Gasteiger partial charge on any atom is -0.395 e. The van der Waals surface area contributed by atoms with Crippen molar-refractivity contribution < 1.29 is 14.1 Å². The zero-order valence-corrected chi connectivity index (χ0v) is 15.4. The molecule has 3 aromatic heterocycles. The van der Waals surface area contributed by atoms with E-state index < -0.39 is 28.0 Å². The lowest BCUT2D eigenvalue weighted by Crippen LogP contribution is -2.38. The quantitative estimate of drug-likeness (QED) is 0.514. The monoisotopic (exact) mass is 387 g/mol. The van der Waals surface area contributed by atoms with Crippen LogP contribution in [0.25, 0.3) is 11.0 Å². The van der Waals surface area contributed by atoms with E-state index in [1.165, 1.54) is 30.9 Å². The fraction of sp³-hybridized carbons (Fsp3) is 0.294. The molecule has 3 rings (SSSR count). The number of anilines is 1. The molecule has 11 heteroatoms.